The number of rotatable bonds is 5. The molecule has 0 bridgehead atoms. The van der Waals surface area contributed by atoms with Crippen LogP contribution in [0.25, 0.3) is 6.08 Å². The van der Waals surface area contributed by atoms with E-state index in [-0.39, 0.29) is 6.04 Å². The van der Waals surface area contributed by atoms with Crippen LogP contribution in [0.15, 0.2) is 29.1 Å². The van der Waals surface area contributed by atoms with Gasteiger partial charge >= 0.3 is 0 Å². The van der Waals surface area contributed by atoms with Crippen molar-refractivity contribution < 1.29 is 4.74 Å². The summed E-state index contributed by atoms with van der Waals surface area (Å²) in [6.07, 6.45) is 4.34. The molecule has 1 heterocycles. The van der Waals surface area contributed by atoms with Gasteiger partial charge in [0.15, 0.2) is 0 Å². The Labute approximate surface area is 95.3 Å². The molecule has 4 nitrogen and oxygen atoms in total. The molecule has 0 aliphatic rings. The van der Waals surface area contributed by atoms with Crippen molar-refractivity contribution in [2.75, 3.05) is 7.11 Å². The molecular weight excluding hydrogens is 204 g/mol. The lowest BCUT2D eigenvalue weighted by atomic mass is 10.1. The molecule has 1 rings (SSSR count). The second-order valence-corrected chi connectivity index (χ2v) is 3.55. The lowest BCUT2D eigenvalue weighted by molar-refractivity contribution is 0.398. The number of aromatic nitrogens is 1. The monoisotopic (exact) mass is 220 g/mol. The molecule has 0 aromatic carbocycles. The molecule has 16 heavy (non-hydrogen) atoms. The number of hydrogen-bond acceptors (Lipinski definition) is 4. The van der Waals surface area contributed by atoms with Crippen molar-refractivity contribution in [1.29, 1.82) is 0 Å². The average molecular weight is 220 g/mol. The summed E-state index contributed by atoms with van der Waals surface area (Å²) in [5, 5.41) is 3.07. The molecule has 0 saturated carbocycles. The maximum atomic E-state index is 10.5. The van der Waals surface area contributed by atoms with E-state index in [1.807, 2.05) is 26.0 Å². The summed E-state index contributed by atoms with van der Waals surface area (Å²) >= 11 is 0. The third kappa shape index (κ3) is 3.15. The average Bonchev–Trinajstić information content (AvgIpc) is 2.31. The third-order valence-electron chi connectivity index (χ3n) is 2.40. The summed E-state index contributed by atoms with van der Waals surface area (Å²) in [6.45, 7) is 3.84. The van der Waals surface area contributed by atoms with E-state index in [1.54, 1.807) is 19.4 Å². The fourth-order valence-corrected chi connectivity index (χ4v) is 1.44. The molecule has 0 aliphatic heterocycles. The second-order valence-electron chi connectivity index (χ2n) is 3.55. The van der Waals surface area contributed by atoms with Gasteiger partial charge in [-0.2, -0.15) is 4.91 Å². The lowest BCUT2D eigenvalue weighted by Gasteiger charge is -2.06. The number of methoxy groups -OCH3 is 1. The molecular formula is C12H16N2O2. The summed E-state index contributed by atoms with van der Waals surface area (Å²) in [4.78, 5) is 14.6. The minimum absolute atomic E-state index is 0.248. The molecule has 4 heteroatoms. The molecule has 1 unspecified atom stereocenters. The largest absolute Gasteiger partial charge is 0.481 e. The van der Waals surface area contributed by atoms with Gasteiger partial charge in [-0.1, -0.05) is 18.2 Å². The van der Waals surface area contributed by atoms with Gasteiger partial charge in [-0.15, -0.1) is 0 Å². The maximum absolute atomic E-state index is 10.5. The summed E-state index contributed by atoms with van der Waals surface area (Å²) < 4.78 is 4.96. The highest BCUT2D eigenvalue weighted by atomic mass is 16.5. The van der Waals surface area contributed by atoms with E-state index in [4.69, 9.17) is 4.74 Å². The highest BCUT2D eigenvalue weighted by Gasteiger charge is 2.07. The first kappa shape index (κ1) is 12.4. The van der Waals surface area contributed by atoms with Crippen LogP contribution < -0.4 is 4.74 Å². The molecule has 1 aromatic rings. The second kappa shape index (κ2) is 6.00. The Kier molecular flexibility index (Phi) is 4.64. The van der Waals surface area contributed by atoms with E-state index in [0.717, 1.165) is 17.6 Å². The minimum atomic E-state index is -0.248. The van der Waals surface area contributed by atoms with Crippen LogP contribution in [0.2, 0.25) is 0 Å². The van der Waals surface area contributed by atoms with E-state index >= 15 is 0 Å². The van der Waals surface area contributed by atoms with Crippen molar-refractivity contribution in [1.82, 2.24) is 4.98 Å². The molecule has 0 N–H and O–H groups in total. The number of hydrogen-bond donors (Lipinski definition) is 0. The molecule has 0 amide bonds. The maximum Gasteiger partial charge on any atom is 0.212 e. The van der Waals surface area contributed by atoms with Gasteiger partial charge in [-0.05, 0) is 30.5 Å². The van der Waals surface area contributed by atoms with Crippen LogP contribution in [0.1, 0.15) is 25.8 Å². The van der Waals surface area contributed by atoms with Crippen molar-refractivity contribution in [2.24, 2.45) is 5.18 Å². The first-order valence-electron chi connectivity index (χ1n) is 5.22. The van der Waals surface area contributed by atoms with Gasteiger partial charge in [0.1, 0.15) is 6.04 Å². The van der Waals surface area contributed by atoms with Crippen molar-refractivity contribution in [2.45, 2.75) is 26.3 Å². The molecule has 0 radical (unpaired) electrons. The molecule has 0 aliphatic carbocycles. The first-order valence-corrected chi connectivity index (χ1v) is 5.22. The summed E-state index contributed by atoms with van der Waals surface area (Å²) in [5.74, 6) is 0.579. The summed E-state index contributed by atoms with van der Waals surface area (Å²) in [6, 6.07) is 3.43. The van der Waals surface area contributed by atoms with Crippen LogP contribution in [0.4, 0.5) is 0 Å². The number of nitroso groups, excluding NO2 is 1. The topological polar surface area (TPSA) is 51.5 Å². The quantitative estimate of drug-likeness (QED) is 0.716. The Hall–Kier alpha value is -1.71. The Balaban J connectivity index is 2.84. The van der Waals surface area contributed by atoms with Crippen molar-refractivity contribution in [3.8, 4) is 5.88 Å². The van der Waals surface area contributed by atoms with Crippen LogP contribution in [0.3, 0.4) is 0 Å². The van der Waals surface area contributed by atoms with Crippen LogP contribution in [-0.4, -0.2) is 18.1 Å². The molecule has 0 fully saturated rings. The smallest absolute Gasteiger partial charge is 0.212 e. The van der Waals surface area contributed by atoms with Gasteiger partial charge in [-0.25, -0.2) is 4.98 Å². The first-order chi connectivity index (χ1) is 7.71. The summed E-state index contributed by atoms with van der Waals surface area (Å²) in [7, 11) is 1.58. The fourth-order valence-electron chi connectivity index (χ4n) is 1.44. The standard InChI is InChI=1S/C12H16N2O2/c1-4-11(14-15)9(2)7-10-5-6-12(16-3)13-8-10/h5-8,11H,4H2,1-3H3/b9-7+. The van der Waals surface area contributed by atoms with Crippen LogP contribution >= 0.6 is 0 Å². The Morgan fingerprint density at radius 3 is 2.81 bits per heavy atom. The van der Waals surface area contributed by atoms with Crippen LogP contribution in [-0.2, 0) is 0 Å². The zero-order valence-corrected chi connectivity index (χ0v) is 9.80. The molecule has 86 valence electrons. The van der Waals surface area contributed by atoms with Gasteiger partial charge in [0.05, 0.1) is 7.11 Å². The molecule has 1 atom stereocenters. The van der Waals surface area contributed by atoms with Gasteiger partial charge in [0.2, 0.25) is 5.88 Å². The SMILES string of the molecule is CCC(N=O)/C(C)=C/c1ccc(OC)nc1. The van der Waals surface area contributed by atoms with Crippen LogP contribution in [0.5, 0.6) is 5.88 Å². The molecule has 0 saturated heterocycles. The highest BCUT2D eigenvalue weighted by molar-refractivity contribution is 5.53. The Morgan fingerprint density at radius 2 is 2.38 bits per heavy atom. The summed E-state index contributed by atoms with van der Waals surface area (Å²) in [5.41, 5.74) is 1.89. The Morgan fingerprint density at radius 1 is 1.62 bits per heavy atom. The number of nitrogens with zero attached hydrogens (tertiary/aromatic N) is 2. The van der Waals surface area contributed by atoms with Crippen molar-refractivity contribution in [3.63, 3.8) is 0 Å². The molecule has 1 aromatic heterocycles. The zero-order chi connectivity index (χ0) is 12.0. The fraction of sp³-hybridized carbons (Fsp3) is 0.417. The lowest BCUT2D eigenvalue weighted by Crippen LogP contribution is -2.02. The van der Waals surface area contributed by atoms with Crippen LogP contribution in [0, 0.1) is 4.91 Å². The van der Waals surface area contributed by atoms with Gasteiger partial charge in [-0.3, -0.25) is 0 Å². The van der Waals surface area contributed by atoms with E-state index in [2.05, 4.69) is 10.2 Å². The minimum Gasteiger partial charge on any atom is -0.481 e. The Bertz CT molecular complexity index is 371. The predicted molar refractivity (Wildman–Crippen MR) is 64.3 cm³/mol. The van der Waals surface area contributed by atoms with E-state index in [9.17, 15) is 4.91 Å². The third-order valence-corrected chi connectivity index (χ3v) is 2.40. The van der Waals surface area contributed by atoms with Gasteiger partial charge in [0.25, 0.3) is 0 Å². The number of pyridine rings is 1. The van der Waals surface area contributed by atoms with Crippen molar-refractivity contribution in [3.05, 3.63) is 34.4 Å². The van der Waals surface area contributed by atoms with Gasteiger partial charge in [0, 0.05) is 12.3 Å². The van der Waals surface area contributed by atoms with Crippen molar-refractivity contribution >= 4 is 6.08 Å². The zero-order valence-electron chi connectivity index (χ0n) is 9.80. The van der Waals surface area contributed by atoms with E-state index in [1.165, 1.54) is 0 Å². The predicted octanol–water partition coefficient (Wildman–Crippen LogP) is 3.04. The normalized spacial score (nSPS) is 13.3. The van der Waals surface area contributed by atoms with E-state index < -0.39 is 0 Å². The highest BCUT2D eigenvalue weighted by Crippen LogP contribution is 2.15. The molecule has 0 spiro atoms. The van der Waals surface area contributed by atoms with E-state index in [0.29, 0.717) is 5.88 Å². The number of ether oxygens (including phenoxy) is 1. The van der Waals surface area contributed by atoms with Gasteiger partial charge < -0.3 is 4.74 Å².